The van der Waals surface area contributed by atoms with Gasteiger partial charge in [-0.05, 0) is 38.5 Å². The van der Waals surface area contributed by atoms with E-state index in [0.717, 1.165) is 39.0 Å². The Morgan fingerprint density at radius 1 is 1.33 bits per heavy atom. The number of aliphatic carboxylic acids is 1. The quantitative estimate of drug-likeness (QED) is 0.770. The molecule has 0 aliphatic carbocycles. The second-order valence-corrected chi connectivity index (χ2v) is 5.31. The Hall–Kier alpha value is -0.650. The van der Waals surface area contributed by atoms with Crippen molar-refractivity contribution >= 4 is 5.97 Å². The third-order valence-electron chi connectivity index (χ3n) is 4.02. The Balaban J connectivity index is 1.67. The molecule has 5 heteroatoms. The van der Waals surface area contributed by atoms with Crippen LogP contribution in [0.15, 0.2) is 0 Å². The molecule has 3 atom stereocenters. The van der Waals surface area contributed by atoms with E-state index < -0.39 is 12.1 Å². The predicted octanol–water partition coefficient (Wildman–Crippen LogP) is 1.02. The monoisotopic (exact) mass is 257 g/mol. The third kappa shape index (κ3) is 3.67. The fraction of sp³-hybridized carbons (Fsp3) is 0.923. The molecule has 0 aromatic rings. The summed E-state index contributed by atoms with van der Waals surface area (Å²) >= 11 is 0. The number of hydrogen-bond acceptors (Lipinski definition) is 4. The van der Waals surface area contributed by atoms with Gasteiger partial charge in [0.25, 0.3) is 0 Å². The Morgan fingerprint density at radius 3 is 2.67 bits per heavy atom. The second-order valence-electron chi connectivity index (χ2n) is 5.31. The molecule has 2 N–H and O–H groups in total. The molecule has 104 valence electrons. The number of carbonyl (C=O) groups is 1. The van der Waals surface area contributed by atoms with E-state index >= 15 is 0 Å². The molecule has 0 saturated carbocycles. The highest BCUT2D eigenvalue weighted by Crippen LogP contribution is 2.21. The average Bonchev–Trinajstić information content (AvgIpc) is 2.86. The van der Waals surface area contributed by atoms with Crippen LogP contribution < -0.4 is 5.32 Å². The fourth-order valence-electron chi connectivity index (χ4n) is 2.74. The Kier molecular flexibility index (Phi) is 4.97. The summed E-state index contributed by atoms with van der Waals surface area (Å²) in [4.78, 5) is 10.8. The first-order valence-electron chi connectivity index (χ1n) is 6.86. The van der Waals surface area contributed by atoms with E-state index in [0.29, 0.717) is 18.4 Å². The van der Waals surface area contributed by atoms with Crippen LogP contribution >= 0.6 is 0 Å². The van der Waals surface area contributed by atoms with Crippen LogP contribution in [0.3, 0.4) is 0 Å². The van der Waals surface area contributed by atoms with Gasteiger partial charge in [0, 0.05) is 25.8 Å². The van der Waals surface area contributed by atoms with Gasteiger partial charge >= 0.3 is 5.97 Å². The number of rotatable bonds is 5. The second kappa shape index (κ2) is 6.50. The summed E-state index contributed by atoms with van der Waals surface area (Å²) in [5, 5.41) is 12.3. The highest BCUT2D eigenvalue weighted by molar-refractivity contribution is 5.72. The Bertz CT molecular complexity index is 278. The minimum atomic E-state index is -0.838. The molecule has 2 aliphatic heterocycles. The highest BCUT2D eigenvalue weighted by Gasteiger charge is 2.30. The average molecular weight is 257 g/mol. The van der Waals surface area contributed by atoms with Crippen molar-refractivity contribution in [1.82, 2.24) is 5.32 Å². The molecule has 0 aromatic heterocycles. The van der Waals surface area contributed by atoms with E-state index in [2.05, 4.69) is 12.2 Å². The van der Waals surface area contributed by atoms with Gasteiger partial charge in [0.2, 0.25) is 0 Å². The lowest BCUT2D eigenvalue weighted by atomic mass is 9.93. The zero-order valence-electron chi connectivity index (χ0n) is 10.9. The molecule has 18 heavy (non-hydrogen) atoms. The van der Waals surface area contributed by atoms with E-state index in [1.54, 1.807) is 0 Å². The molecule has 2 fully saturated rings. The van der Waals surface area contributed by atoms with Crippen LogP contribution in [-0.4, -0.2) is 49.1 Å². The zero-order valence-corrected chi connectivity index (χ0v) is 10.9. The van der Waals surface area contributed by atoms with Crippen LogP contribution in [0.25, 0.3) is 0 Å². The number of carboxylic acid groups (broad SMARTS) is 1. The van der Waals surface area contributed by atoms with Crippen LogP contribution in [0.1, 0.15) is 32.6 Å². The molecular formula is C13H23NO4. The minimum absolute atomic E-state index is 0.0494. The van der Waals surface area contributed by atoms with Gasteiger partial charge in [-0.3, -0.25) is 0 Å². The maximum atomic E-state index is 10.8. The SMILES string of the molecule is CC(NCC1CCC(C(=O)O)O1)C1CCOCC1. The highest BCUT2D eigenvalue weighted by atomic mass is 16.5. The summed E-state index contributed by atoms with van der Waals surface area (Å²) in [7, 11) is 0. The van der Waals surface area contributed by atoms with Crippen LogP contribution in [0.4, 0.5) is 0 Å². The molecule has 3 unspecified atom stereocenters. The molecule has 0 bridgehead atoms. The first-order chi connectivity index (χ1) is 8.66. The van der Waals surface area contributed by atoms with Gasteiger partial charge in [0.05, 0.1) is 6.10 Å². The van der Waals surface area contributed by atoms with Gasteiger partial charge in [-0.2, -0.15) is 0 Å². The number of nitrogens with one attached hydrogen (secondary N) is 1. The fourth-order valence-corrected chi connectivity index (χ4v) is 2.74. The molecule has 0 amide bonds. The largest absolute Gasteiger partial charge is 0.479 e. The van der Waals surface area contributed by atoms with Gasteiger partial charge in [0.1, 0.15) is 0 Å². The van der Waals surface area contributed by atoms with Crippen molar-refractivity contribution in [3.63, 3.8) is 0 Å². The molecular weight excluding hydrogens is 234 g/mol. The summed E-state index contributed by atoms with van der Waals surface area (Å²) in [6.45, 7) is 4.66. The van der Waals surface area contributed by atoms with E-state index in [4.69, 9.17) is 14.6 Å². The normalized spacial score (nSPS) is 31.4. The van der Waals surface area contributed by atoms with Crippen molar-refractivity contribution in [2.75, 3.05) is 19.8 Å². The van der Waals surface area contributed by atoms with Gasteiger partial charge in [-0.15, -0.1) is 0 Å². The van der Waals surface area contributed by atoms with Crippen molar-refractivity contribution in [2.24, 2.45) is 5.92 Å². The van der Waals surface area contributed by atoms with Crippen LogP contribution in [0.5, 0.6) is 0 Å². The Morgan fingerprint density at radius 2 is 2.06 bits per heavy atom. The van der Waals surface area contributed by atoms with Gasteiger partial charge in [-0.1, -0.05) is 0 Å². The molecule has 2 rings (SSSR count). The Labute approximate surface area is 108 Å². The molecule has 2 heterocycles. The lowest BCUT2D eigenvalue weighted by Crippen LogP contribution is -2.40. The maximum absolute atomic E-state index is 10.8. The molecule has 0 spiro atoms. The van der Waals surface area contributed by atoms with E-state index in [9.17, 15) is 4.79 Å². The lowest BCUT2D eigenvalue weighted by Gasteiger charge is -2.29. The maximum Gasteiger partial charge on any atom is 0.332 e. The van der Waals surface area contributed by atoms with Crippen molar-refractivity contribution in [3.8, 4) is 0 Å². The first kappa shape index (κ1) is 13.8. The molecule has 0 aromatic carbocycles. The van der Waals surface area contributed by atoms with Crippen LogP contribution in [0.2, 0.25) is 0 Å². The van der Waals surface area contributed by atoms with Crippen LogP contribution in [-0.2, 0) is 14.3 Å². The molecule has 0 radical (unpaired) electrons. The van der Waals surface area contributed by atoms with Crippen molar-refractivity contribution in [3.05, 3.63) is 0 Å². The van der Waals surface area contributed by atoms with E-state index in [1.165, 1.54) is 0 Å². The number of hydrogen-bond donors (Lipinski definition) is 2. The van der Waals surface area contributed by atoms with Gasteiger partial charge < -0.3 is 19.9 Å². The van der Waals surface area contributed by atoms with Crippen LogP contribution in [0, 0.1) is 5.92 Å². The predicted molar refractivity (Wildman–Crippen MR) is 66.5 cm³/mol. The van der Waals surface area contributed by atoms with Crippen molar-refractivity contribution in [2.45, 2.75) is 50.9 Å². The summed E-state index contributed by atoms with van der Waals surface area (Å²) in [6, 6.07) is 0.446. The molecule has 2 aliphatic rings. The number of ether oxygens (including phenoxy) is 2. The standard InChI is InChI=1S/C13H23NO4/c1-9(10-4-6-17-7-5-10)14-8-11-2-3-12(18-11)13(15)16/h9-12,14H,2-8H2,1H3,(H,15,16). The smallest absolute Gasteiger partial charge is 0.332 e. The minimum Gasteiger partial charge on any atom is -0.479 e. The lowest BCUT2D eigenvalue weighted by molar-refractivity contribution is -0.149. The number of carboxylic acids is 1. The topological polar surface area (TPSA) is 67.8 Å². The van der Waals surface area contributed by atoms with Crippen molar-refractivity contribution in [1.29, 1.82) is 0 Å². The van der Waals surface area contributed by atoms with E-state index in [1.807, 2.05) is 0 Å². The summed E-state index contributed by atoms with van der Waals surface area (Å²) < 4.78 is 10.8. The van der Waals surface area contributed by atoms with Gasteiger partial charge in [-0.25, -0.2) is 4.79 Å². The zero-order chi connectivity index (χ0) is 13.0. The van der Waals surface area contributed by atoms with Gasteiger partial charge in [0.15, 0.2) is 6.10 Å². The van der Waals surface area contributed by atoms with Crippen molar-refractivity contribution < 1.29 is 19.4 Å². The summed E-state index contributed by atoms with van der Waals surface area (Å²) in [5.41, 5.74) is 0. The summed E-state index contributed by atoms with van der Waals surface area (Å²) in [6.07, 6.45) is 3.13. The third-order valence-corrected chi connectivity index (χ3v) is 4.02. The first-order valence-corrected chi connectivity index (χ1v) is 6.86. The summed E-state index contributed by atoms with van der Waals surface area (Å²) in [5.74, 6) is -0.176. The van der Waals surface area contributed by atoms with E-state index in [-0.39, 0.29) is 6.10 Å². The molecule has 5 nitrogen and oxygen atoms in total. The molecule has 2 saturated heterocycles.